The van der Waals surface area contributed by atoms with Crippen LogP contribution in [0, 0.1) is 24.1 Å². The van der Waals surface area contributed by atoms with Crippen molar-refractivity contribution in [1.29, 1.82) is 5.26 Å². The Labute approximate surface area is 206 Å². The number of fused-ring (bicyclic) bond motifs is 4. The highest BCUT2D eigenvalue weighted by atomic mass is 32.1. The molecule has 0 spiro atoms. The molecule has 180 valence electrons. The summed E-state index contributed by atoms with van der Waals surface area (Å²) in [7, 11) is 0. The summed E-state index contributed by atoms with van der Waals surface area (Å²) >= 11 is 1.21. The Morgan fingerprint density at radius 3 is 2.83 bits per heavy atom. The Morgan fingerprint density at radius 1 is 1.31 bits per heavy atom. The molecule has 4 N–H and O–H groups in total. The molecule has 1 amide bonds. The number of hydrogen-bond donors (Lipinski definition) is 3. The number of rotatable bonds is 3. The number of hydrogen-bond acceptors (Lipinski definition) is 8. The van der Waals surface area contributed by atoms with Gasteiger partial charge in [-0.3, -0.25) is 4.79 Å². The van der Waals surface area contributed by atoms with Crippen LogP contribution in [-0.4, -0.2) is 47.1 Å². The molecule has 2 aliphatic heterocycles. The lowest BCUT2D eigenvalue weighted by Gasteiger charge is -2.36. The molecular formula is C25H26FN7OS. The average Bonchev–Trinajstić information content (AvgIpc) is 3.36. The minimum absolute atomic E-state index is 0.246. The van der Waals surface area contributed by atoms with Crippen LogP contribution in [0.2, 0.25) is 0 Å². The summed E-state index contributed by atoms with van der Waals surface area (Å²) < 4.78 is 15.4. The molecule has 10 heteroatoms. The van der Waals surface area contributed by atoms with Gasteiger partial charge in [0, 0.05) is 37.4 Å². The summed E-state index contributed by atoms with van der Waals surface area (Å²) in [5.41, 5.74) is 10.4. The first kappa shape index (κ1) is 22.2. The lowest BCUT2D eigenvalue weighted by atomic mass is 9.84. The molecule has 3 atom stereocenters. The molecule has 6 rings (SSSR count). The second-order valence-electron chi connectivity index (χ2n) is 9.79. The number of carbonyl (C=O) groups is 1. The molecule has 8 nitrogen and oxygen atoms in total. The monoisotopic (exact) mass is 491 g/mol. The zero-order valence-electron chi connectivity index (χ0n) is 19.4. The Morgan fingerprint density at radius 2 is 2.09 bits per heavy atom. The first-order valence-electron chi connectivity index (χ1n) is 12.0. The van der Waals surface area contributed by atoms with E-state index in [-0.39, 0.29) is 17.8 Å². The van der Waals surface area contributed by atoms with Gasteiger partial charge in [-0.05, 0) is 56.2 Å². The summed E-state index contributed by atoms with van der Waals surface area (Å²) in [6.45, 7) is 3.42. The number of nitrogen functional groups attached to an aromatic ring is 1. The molecule has 35 heavy (non-hydrogen) atoms. The van der Waals surface area contributed by atoms with Crippen LogP contribution in [0.5, 0.6) is 0 Å². The third kappa shape index (κ3) is 3.79. The van der Waals surface area contributed by atoms with Crippen molar-refractivity contribution < 1.29 is 9.18 Å². The predicted molar refractivity (Wildman–Crippen MR) is 133 cm³/mol. The number of nitriles is 1. The third-order valence-electron chi connectivity index (χ3n) is 7.44. The van der Waals surface area contributed by atoms with Crippen molar-refractivity contribution in [2.24, 2.45) is 0 Å². The van der Waals surface area contributed by atoms with Crippen molar-refractivity contribution in [3.05, 3.63) is 45.3 Å². The number of benzene rings is 1. The molecule has 2 bridgehead atoms. The van der Waals surface area contributed by atoms with E-state index in [1.807, 2.05) is 6.92 Å². The molecular weight excluding hydrogens is 465 g/mol. The van der Waals surface area contributed by atoms with E-state index >= 15 is 4.39 Å². The number of nitrogens with one attached hydrogen (secondary N) is 2. The quantitative estimate of drug-likeness (QED) is 0.515. The van der Waals surface area contributed by atoms with Crippen molar-refractivity contribution in [1.82, 2.24) is 20.6 Å². The highest BCUT2D eigenvalue weighted by molar-refractivity contribution is 7.21. The van der Waals surface area contributed by atoms with E-state index in [0.717, 1.165) is 37.2 Å². The van der Waals surface area contributed by atoms with Crippen molar-refractivity contribution in [3.63, 3.8) is 0 Å². The van der Waals surface area contributed by atoms with Gasteiger partial charge in [0.1, 0.15) is 27.1 Å². The Kier molecular flexibility index (Phi) is 5.34. The number of nitrogens with zero attached hydrogens (tertiary/aromatic N) is 4. The maximum absolute atomic E-state index is 15.4. The molecule has 1 aromatic carbocycles. The van der Waals surface area contributed by atoms with Gasteiger partial charge in [-0.2, -0.15) is 5.26 Å². The first-order chi connectivity index (χ1) is 16.9. The van der Waals surface area contributed by atoms with E-state index in [9.17, 15) is 10.1 Å². The number of thiophene rings is 1. The van der Waals surface area contributed by atoms with Crippen LogP contribution >= 0.6 is 11.3 Å². The number of aromatic nitrogens is 2. The van der Waals surface area contributed by atoms with Crippen LogP contribution in [0.25, 0.3) is 10.3 Å². The zero-order valence-corrected chi connectivity index (χ0v) is 20.2. The molecule has 0 saturated carbocycles. The lowest BCUT2D eigenvalue weighted by molar-refractivity contribution is 0.0938. The van der Waals surface area contributed by atoms with E-state index in [4.69, 9.17) is 5.73 Å². The summed E-state index contributed by atoms with van der Waals surface area (Å²) in [4.78, 5) is 24.9. The molecule has 3 aromatic rings. The summed E-state index contributed by atoms with van der Waals surface area (Å²) in [5.74, 6) is -0.601. The fourth-order valence-electron chi connectivity index (χ4n) is 5.77. The van der Waals surface area contributed by atoms with Crippen LogP contribution in [0.4, 0.5) is 15.8 Å². The highest BCUT2D eigenvalue weighted by Gasteiger charge is 2.35. The SMILES string of the molecule is Cc1cnc2c(N)c(C(=O)N[C@@H]3CCc4c(C#N)c(N5CC6CCC(C5)N6)cc(F)c4C3)sc2n1. The van der Waals surface area contributed by atoms with Gasteiger partial charge in [-0.25, -0.2) is 14.4 Å². The number of halogens is 1. The van der Waals surface area contributed by atoms with E-state index in [0.29, 0.717) is 69.1 Å². The number of amides is 1. The molecule has 4 heterocycles. The predicted octanol–water partition coefficient (Wildman–Crippen LogP) is 2.82. The van der Waals surface area contributed by atoms with Gasteiger partial charge in [0.15, 0.2) is 0 Å². The Balaban J connectivity index is 1.24. The van der Waals surface area contributed by atoms with Crippen molar-refractivity contribution in [2.75, 3.05) is 23.7 Å². The Hall–Kier alpha value is -3.29. The first-order valence-corrected chi connectivity index (χ1v) is 12.8. The number of carbonyl (C=O) groups excluding carboxylic acids is 1. The largest absolute Gasteiger partial charge is 0.396 e. The molecule has 2 unspecified atom stereocenters. The van der Waals surface area contributed by atoms with Gasteiger partial charge in [0.25, 0.3) is 5.91 Å². The number of aryl methyl sites for hydroxylation is 1. The van der Waals surface area contributed by atoms with Crippen molar-refractivity contribution in [3.8, 4) is 6.07 Å². The maximum Gasteiger partial charge on any atom is 0.263 e. The van der Waals surface area contributed by atoms with Gasteiger partial charge in [0.2, 0.25) is 0 Å². The number of nitrogens with two attached hydrogens (primary N) is 1. The van der Waals surface area contributed by atoms with Gasteiger partial charge in [0.05, 0.1) is 22.6 Å². The van der Waals surface area contributed by atoms with Gasteiger partial charge >= 0.3 is 0 Å². The lowest BCUT2D eigenvalue weighted by Crippen LogP contribution is -2.51. The van der Waals surface area contributed by atoms with E-state index < -0.39 is 0 Å². The fourth-order valence-corrected chi connectivity index (χ4v) is 6.77. The van der Waals surface area contributed by atoms with Crippen LogP contribution < -0.4 is 21.3 Å². The second kappa shape index (κ2) is 8.43. The van der Waals surface area contributed by atoms with Crippen molar-refractivity contribution in [2.45, 2.75) is 57.2 Å². The number of piperazine rings is 1. The normalized spacial score (nSPS) is 23.2. The summed E-state index contributed by atoms with van der Waals surface area (Å²) in [6.07, 6.45) is 5.37. The van der Waals surface area contributed by atoms with Crippen molar-refractivity contribution >= 4 is 39.0 Å². The zero-order chi connectivity index (χ0) is 24.3. The van der Waals surface area contributed by atoms with Gasteiger partial charge in [-0.15, -0.1) is 11.3 Å². The van der Waals surface area contributed by atoms with Crippen LogP contribution in [-0.2, 0) is 12.8 Å². The molecule has 2 aromatic heterocycles. The molecule has 2 saturated heterocycles. The standard InChI is InChI=1S/C25H26FN7OS/c1-12-9-29-22-21(28)23(35-25(22)30-12)24(34)32-13-4-5-16-17(6-13)19(26)7-20(18(16)8-27)33-10-14-2-3-15(11-33)31-14/h7,9,13-15,31H,2-6,10-11,28H2,1H3,(H,32,34)/t13-,14?,15?/m1/s1. The topological polar surface area (TPSA) is 120 Å². The highest BCUT2D eigenvalue weighted by Crippen LogP contribution is 2.36. The molecule has 3 aliphatic rings. The average molecular weight is 492 g/mol. The van der Waals surface area contributed by atoms with E-state index in [1.54, 1.807) is 6.20 Å². The fraction of sp³-hybridized carbons (Fsp3) is 0.440. The van der Waals surface area contributed by atoms with Crippen LogP contribution in [0.15, 0.2) is 12.3 Å². The van der Waals surface area contributed by atoms with Gasteiger partial charge < -0.3 is 21.3 Å². The van der Waals surface area contributed by atoms with E-state index in [1.165, 1.54) is 17.4 Å². The maximum atomic E-state index is 15.4. The smallest absolute Gasteiger partial charge is 0.263 e. The minimum atomic E-state index is -0.302. The molecule has 0 radical (unpaired) electrons. The number of anilines is 2. The minimum Gasteiger partial charge on any atom is -0.396 e. The Bertz CT molecular complexity index is 1380. The molecule has 2 fully saturated rings. The van der Waals surface area contributed by atoms with Gasteiger partial charge in [-0.1, -0.05) is 0 Å². The summed E-state index contributed by atoms with van der Waals surface area (Å²) in [6, 6.07) is 4.44. The second-order valence-corrected chi connectivity index (χ2v) is 10.8. The van der Waals surface area contributed by atoms with E-state index in [2.05, 4.69) is 31.6 Å². The van der Waals surface area contributed by atoms with Crippen LogP contribution in [0.1, 0.15) is 51.3 Å². The molecule has 1 aliphatic carbocycles. The van der Waals surface area contributed by atoms with Crippen LogP contribution in [0.3, 0.4) is 0 Å². The summed E-state index contributed by atoms with van der Waals surface area (Å²) in [5, 5.41) is 16.6. The third-order valence-corrected chi connectivity index (χ3v) is 8.52.